The first-order valence-electron chi connectivity index (χ1n) is 4.55. The highest BCUT2D eigenvalue weighted by molar-refractivity contribution is 7.80. The van der Waals surface area contributed by atoms with Gasteiger partial charge in [0.1, 0.15) is 5.75 Å². The van der Waals surface area contributed by atoms with Crippen LogP contribution in [0.5, 0.6) is 5.75 Å². The third-order valence-corrected chi connectivity index (χ3v) is 2.43. The molecule has 86 valence electrons. The Morgan fingerprint density at radius 1 is 1.50 bits per heavy atom. The molecule has 6 heteroatoms. The molecule has 0 aliphatic rings. The van der Waals surface area contributed by atoms with Crippen molar-refractivity contribution in [1.82, 2.24) is 10.7 Å². The van der Waals surface area contributed by atoms with Crippen LogP contribution < -0.4 is 10.7 Å². The number of thiocarbonyl (C=S) groups is 1. The summed E-state index contributed by atoms with van der Waals surface area (Å²) in [5, 5.41) is 17.3. The van der Waals surface area contributed by atoms with Crippen molar-refractivity contribution in [2.45, 2.75) is 6.92 Å². The number of hydrogen-bond acceptors (Lipinski definition) is 3. The Morgan fingerprint density at radius 2 is 2.19 bits per heavy atom. The van der Waals surface area contributed by atoms with Crippen LogP contribution in [0, 0.1) is 0 Å². The van der Waals surface area contributed by atoms with E-state index < -0.39 is 0 Å². The average molecular weight is 258 g/mol. The lowest BCUT2D eigenvalue weighted by atomic mass is 10.1. The number of hydrogen-bond donors (Lipinski definition) is 3. The zero-order chi connectivity index (χ0) is 12.1. The summed E-state index contributed by atoms with van der Waals surface area (Å²) in [6.07, 6.45) is 0. The molecule has 0 saturated heterocycles. The Morgan fingerprint density at radius 3 is 2.81 bits per heavy atom. The van der Waals surface area contributed by atoms with E-state index in [9.17, 15) is 5.11 Å². The number of phenolic OH excluding ortho intramolecular Hbond substituents is 1. The molecule has 0 heterocycles. The predicted molar refractivity (Wildman–Crippen MR) is 70.1 cm³/mol. The summed E-state index contributed by atoms with van der Waals surface area (Å²) >= 11 is 10.7. The quantitative estimate of drug-likeness (QED) is 0.430. The standard InChI is InChI=1S/C10H12ClN3OS/c1-6(13-14-10(16)12-2)8-5-7(11)3-4-9(8)15/h3-5,15H,1-2H3,(H2,12,14,16)/b13-6+. The van der Waals surface area contributed by atoms with Crippen LogP contribution in [0.3, 0.4) is 0 Å². The van der Waals surface area contributed by atoms with Gasteiger partial charge in [-0.25, -0.2) is 0 Å². The lowest BCUT2D eigenvalue weighted by Gasteiger charge is -2.06. The number of phenols is 1. The van der Waals surface area contributed by atoms with Crippen LogP contribution in [0.4, 0.5) is 0 Å². The molecule has 0 spiro atoms. The van der Waals surface area contributed by atoms with Crippen molar-refractivity contribution in [1.29, 1.82) is 0 Å². The third-order valence-electron chi connectivity index (χ3n) is 1.90. The maximum Gasteiger partial charge on any atom is 0.186 e. The number of nitrogens with one attached hydrogen (secondary N) is 2. The van der Waals surface area contributed by atoms with Crippen molar-refractivity contribution in [2.75, 3.05) is 7.05 Å². The van der Waals surface area contributed by atoms with Gasteiger partial charge in [-0.1, -0.05) is 11.6 Å². The maximum atomic E-state index is 9.61. The second-order valence-electron chi connectivity index (χ2n) is 3.05. The van der Waals surface area contributed by atoms with Crippen LogP contribution in [0.1, 0.15) is 12.5 Å². The van der Waals surface area contributed by atoms with E-state index in [4.69, 9.17) is 23.8 Å². The molecular weight excluding hydrogens is 246 g/mol. The third kappa shape index (κ3) is 3.36. The van der Waals surface area contributed by atoms with Gasteiger partial charge in [0.25, 0.3) is 0 Å². The minimum absolute atomic E-state index is 0.128. The van der Waals surface area contributed by atoms with Crippen LogP contribution in [-0.2, 0) is 0 Å². The fourth-order valence-electron chi connectivity index (χ4n) is 1.05. The van der Waals surface area contributed by atoms with Crippen LogP contribution in [0.15, 0.2) is 23.3 Å². The second-order valence-corrected chi connectivity index (χ2v) is 3.89. The van der Waals surface area contributed by atoms with Crippen LogP contribution in [0.2, 0.25) is 5.02 Å². The van der Waals surface area contributed by atoms with E-state index in [2.05, 4.69) is 15.8 Å². The number of halogens is 1. The Balaban J connectivity index is 2.91. The molecule has 16 heavy (non-hydrogen) atoms. The Labute approximate surface area is 104 Å². The van der Waals surface area contributed by atoms with Gasteiger partial charge in [0.15, 0.2) is 5.11 Å². The smallest absolute Gasteiger partial charge is 0.186 e. The second kappa shape index (κ2) is 5.67. The normalized spacial score (nSPS) is 11.1. The molecule has 0 amide bonds. The Kier molecular flexibility index (Phi) is 4.52. The van der Waals surface area contributed by atoms with Crippen molar-refractivity contribution in [2.24, 2.45) is 5.10 Å². The van der Waals surface area contributed by atoms with E-state index in [0.29, 0.717) is 21.4 Å². The molecule has 0 fully saturated rings. The van der Waals surface area contributed by atoms with Crippen LogP contribution >= 0.6 is 23.8 Å². The molecule has 0 unspecified atom stereocenters. The van der Waals surface area contributed by atoms with Gasteiger partial charge in [-0.2, -0.15) is 5.10 Å². The Hall–Kier alpha value is -1.33. The van der Waals surface area contributed by atoms with Crippen molar-refractivity contribution in [3.8, 4) is 5.75 Å². The monoisotopic (exact) mass is 257 g/mol. The van der Waals surface area contributed by atoms with Crippen molar-refractivity contribution in [3.05, 3.63) is 28.8 Å². The van der Waals surface area contributed by atoms with Gasteiger partial charge in [0, 0.05) is 17.6 Å². The first-order valence-corrected chi connectivity index (χ1v) is 5.34. The highest BCUT2D eigenvalue weighted by Gasteiger charge is 2.05. The number of nitrogens with zero attached hydrogens (tertiary/aromatic N) is 1. The summed E-state index contributed by atoms with van der Waals surface area (Å²) in [5.74, 6) is 0.128. The van der Waals surface area contributed by atoms with E-state index in [0.717, 1.165) is 0 Å². The molecule has 1 rings (SSSR count). The van der Waals surface area contributed by atoms with E-state index in [-0.39, 0.29) is 5.75 Å². The van der Waals surface area contributed by atoms with Crippen molar-refractivity contribution >= 4 is 34.6 Å². The van der Waals surface area contributed by atoms with Gasteiger partial charge in [0.2, 0.25) is 0 Å². The summed E-state index contributed by atoms with van der Waals surface area (Å²) in [5.41, 5.74) is 3.79. The molecule has 0 atom stereocenters. The van der Waals surface area contributed by atoms with E-state index in [1.165, 1.54) is 6.07 Å². The minimum Gasteiger partial charge on any atom is -0.507 e. The minimum atomic E-state index is 0.128. The molecule has 0 bridgehead atoms. The summed E-state index contributed by atoms with van der Waals surface area (Å²) in [6, 6.07) is 4.77. The van der Waals surface area contributed by atoms with Gasteiger partial charge in [-0.05, 0) is 37.3 Å². The van der Waals surface area contributed by atoms with E-state index in [1.807, 2.05) is 0 Å². The van der Waals surface area contributed by atoms with Gasteiger partial charge < -0.3 is 10.4 Å². The zero-order valence-corrected chi connectivity index (χ0v) is 10.5. The number of hydrazone groups is 1. The van der Waals surface area contributed by atoms with Gasteiger partial charge in [0.05, 0.1) is 5.71 Å². The first kappa shape index (κ1) is 12.7. The lowest BCUT2D eigenvalue weighted by Crippen LogP contribution is -2.29. The van der Waals surface area contributed by atoms with Crippen molar-refractivity contribution < 1.29 is 5.11 Å². The van der Waals surface area contributed by atoms with E-state index >= 15 is 0 Å². The highest BCUT2D eigenvalue weighted by Crippen LogP contribution is 2.21. The topological polar surface area (TPSA) is 56.7 Å². The lowest BCUT2D eigenvalue weighted by molar-refractivity contribution is 0.474. The van der Waals surface area contributed by atoms with Gasteiger partial charge >= 0.3 is 0 Å². The fourth-order valence-corrected chi connectivity index (χ4v) is 1.27. The van der Waals surface area contributed by atoms with Crippen LogP contribution in [0.25, 0.3) is 0 Å². The molecule has 0 aliphatic heterocycles. The SMILES string of the molecule is CNC(=S)N/N=C(\C)c1cc(Cl)ccc1O. The van der Waals surface area contributed by atoms with Crippen LogP contribution in [-0.4, -0.2) is 23.0 Å². The number of benzene rings is 1. The summed E-state index contributed by atoms with van der Waals surface area (Å²) in [4.78, 5) is 0. The molecule has 1 aromatic rings. The number of aromatic hydroxyl groups is 1. The predicted octanol–water partition coefficient (Wildman–Crippen LogP) is 1.86. The van der Waals surface area contributed by atoms with Gasteiger partial charge in [-0.3, -0.25) is 5.43 Å². The molecule has 0 aliphatic carbocycles. The summed E-state index contributed by atoms with van der Waals surface area (Å²) in [7, 11) is 1.69. The summed E-state index contributed by atoms with van der Waals surface area (Å²) < 4.78 is 0. The summed E-state index contributed by atoms with van der Waals surface area (Å²) in [6.45, 7) is 1.75. The maximum absolute atomic E-state index is 9.61. The molecule has 0 saturated carbocycles. The molecule has 1 aromatic carbocycles. The molecule has 3 N–H and O–H groups in total. The van der Waals surface area contributed by atoms with Crippen molar-refractivity contribution in [3.63, 3.8) is 0 Å². The Bertz CT molecular complexity index is 434. The molecule has 4 nitrogen and oxygen atoms in total. The van der Waals surface area contributed by atoms with Gasteiger partial charge in [-0.15, -0.1) is 0 Å². The zero-order valence-electron chi connectivity index (χ0n) is 8.91. The van der Waals surface area contributed by atoms with E-state index in [1.54, 1.807) is 26.1 Å². The first-order chi connectivity index (χ1) is 7.54. The number of rotatable bonds is 2. The molecule has 0 aromatic heterocycles. The average Bonchev–Trinajstić information content (AvgIpc) is 2.28. The molecular formula is C10H12ClN3OS. The fraction of sp³-hybridized carbons (Fsp3) is 0.200. The molecule has 0 radical (unpaired) electrons. The highest BCUT2D eigenvalue weighted by atomic mass is 35.5. The largest absolute Gasteiger partial charge is 0.507 e.